The molecule has 4 nitrogen and oxygen atoms in total. The number of aromatic nitrogens is 2. The van der Waals surface area contributed by atoms with Crippen LogP contribution >= 0.6 is 33.9 Å². The van der Waals surface area contributed by atoms with Crippen LogP contribution in [0, 0.1) is 0 Å². The maximum atomic E-state index is 11.7. The van der Waals surface area contributed by atoms with Crippen LogP contribution in [0.2, 0.25) is 10.2 Å². The van der Waals surface area contributed by atoms with Gasteiger partial charge in [0.2, 0.25) is 0 Å². The van der Waals surface area contributed by atoms with Crippen molar-refractivity contribution in [2.45, 2.75) is 31.2 Å². The van der Waals surface area contributed by atoms with Crippen molar-refractivity contribution < 1.29 is 8.42 Å². The molecule has 2 rings (SSSR count). The smallest absolute Gasteiger partial charge is 0.248 e. The molecule has 0 bridgehead atoms. The van der Waals surface area contributed by atoms with Crippen LogP contribution in [0.1, 0.15) is 24.6 Å². The number of halogens is 3. The maximum absolute atomic E-state index is 11.7. The van der Waals surface area contributed by atoms with Gasteiger partial charge in [0, 0.05) is 15.7 Å². The molecule has 0 unspecified atom stereocenters. The van der Waals surface area contributed by atoms with Gasteiger partial charge in [0.1, 0.15) is 10.0 Å². The lowest BCUT2D eigenvalue weighted by Crippen LogP contribution is -2.02. The Morgan fingerprint density at radius 1 is 1.29 bits per heavy atom. The van der Waals surface area contributed by atoms with E-state index in [0.717, 1.165) is 12.0 Å². The number of aryl methyl sites for hydroxylation is 1. The quantitative estimate of drug-likeness (QED) is 0.747. The van der Waals surface area contributed by atoms with E-state index in [1.54, 1.807) is 18.2 Å². The molecule has 0 N–H and O–H groups in total. The van der Waals surface area contributed by atoms with Crippen molar-refractivity contribution in [2.24, 2.45) is 0 Å². The maximum Gasteiger partial charge on any atom is 0.266 e. The molecule has 0 amide bonds. The Morgan fingerprint density at radius 2 is 2.00 bits per heavy atom. The van der Waals surface area contributed by atoms with Crippen LogP contribution in [-0.4, -0.2) is 18.2 Å². The summed E-state index contributed by atoms with van der Waals surface area (Å²) in [6.07, 6.45) is 1.23. The third-order valence-electron chi connectivity index (χ3n) is 2.87. The molecular formula is C13H13Cl3N2O2S. The summed E-state index contributed by atoms with van der Waals surface area (Å²) in [7, 11) is 1.52. The molecule has 1 heterocycles. The van der Waals surface area contributed by atoms with E-state index < -0.39 is 9.05 Å². The Labute approximate surface area is 138 Å². The van der Waals surface area contributed by atoms with Crippen LogP contribution in [-0.2, 0) is 22.0 Å². The first-order valence-corrected chi connectivity index (χ1v) is 9.33. The molecule has 0 aliphatic rings. The average Bonchev–Trinajstić information content (AvgIpc) is 2.66. The fourth-order valence-electron chi connectivity index (χ4n) is 2.03. The summed E-state index contributed by atoms with van der Waals surface area (Å²) in [5.41, 5.74) is 1.26. The molecule has 0 atom stereocenters. The Bertz CT molecular complexity index is 757. The predicted molar refractivity (Wildman–Crippen MR) is 84.8 cm³/mol. The largest absolute Gasteiger partial charge is 0.266 e. The molecule has 0 spiro atoms. The summed E-state index contributed by atoms with van der Waals surface area (Å²) in [6, 6.07) is 7.19. The molecule has 1 aromatic heterocycles. The third-order valence-corrected chi connectivity index (χ3v) is 4.98. The van der Waals surface area contributed by atoms with E-state index in [-0.39, 0.29) is 10.0 Å². The van der Waals surface area contributed by atoms with Gasteiger partial charge in [0.05, 0.1) is 12.2 Å². The van der Waals surface area contributed by atoms with Gasteiger partial charge in [0.25, 0.3) is 9.05 Å². The van der Waals surface area contributed by atoms with E-state index >= 15 is 0 Å². The number of hydrogen-bond donors (Lipinski definition) is 0. The number of benzene rings is 1. The van der Waals surface area contributed by atoms with Crippen molar-refractivity contribution in [1.82, 2.24) is 9.78 Å². The van der Waals surface area contributed by atoms with Gasteiger partial charge in [0.15, 0.2) is 0 Å². The molecule has 0 fully saturated rings. The standard InChI is InChI=1S/C13H13Cl3N2O2S/c1-2-4-11-12(21(16,19)20)13(15)18(17-11)8-9-5-3-6-10(14)7-9/h3,5-7H,2,4,8H2,1H3. The van der Waals surface area contributed by atoms with Crippen LogP contribution in [0.4, 0.5) is 0 Å². The molecule has 0 saturated carbocycles. The first-order chi connectivity index (χ1) is 9.82. The van der Waals surface area contributed by atoms with Gasteiger partial charge in [-0.2, -0.15) is 5.10 Å². The number of hydrogen-bond acceptors (Lipinski definition) is 3. The van der Waals surface area contributed by atoms with E-state index in [1.807, 2.05) is 13.0 Å². The van der Waals surface area contributed by atoms with E-state index in [1.165, 1.54) is 4.68 Å². The summed E-state index contributed by atoms with van der Waals surface area (Å²) in [5, 5.41) is 4.88. The lowest BCUT2D eigenvalue weighted by molar-refractivity contribution is 0.608. The second kappa shape index (κ2) is 6.57. The average molecular weight is 368 g/mol. The molecular weight excluding hydrogens is 355 g/mol. The highest BCUT2D eigenvalue weighted by molar-refractivity contribution is 8.13. The summed E-state index contributed by atoms with van der Waals surface area (Å²) in [4.78, 5) is -0.102. The van der Waals surface area contributed by atoms with Gasteiger partial charge in [-0.1, -0.05) is 48.7 Å². The summed E-state index contributed by atoms with van der Waals surface area (Å²) in [5.74, 6) is 0. The van der Waals surface area contributed by atoms with Crippen LogP contribution in [0.15, 0.2) is 29.2 Å². The topological polar surface area (TPSA) is 52.0 Å². The molecule has 21 heavy (non-hydrogen) atoms. The fraction of sp³-hybridized carbons (Fsp3) is 0.308. The highest BCUT2D eigenvalue weighted by Gasteiger charge is 2.25. The highest BCUT2D eigenvalue weighted by Crippen LogP contribution is 2.30. The minimum absolute atomic E-state index is 0.0217. The predicted octanol–water partition coefficient (Wildman–Crippen LogP) is 4.12. The van der Waals surface area contributed by atoms with Crippen LogP contribution in [0.3, 0.4) is 0 Å². The Hall–Kier alpha value is -0.750. The fourth-order valence-corrected chi connectivity index (χ4v) is 4.09. The van der Waals surface area contributed by atoms with Gasteiger partial charge in [-0.25, -0.2) is 13.1 Å². The summed E-state index contributed by atoms with van der Waals surface area (Å²) in [6.45, 7) is 2.25. The summed E-state index contributed by atoms with van der Waals surface area (Å²) < 4.78 is 24.8. The number of nitrogens with zero attached hydrogens (tertiary/aromatic N) is 2. The Morgan fingerprint density at radius 3 is 2.57 bits per heavy atom. The zero-order valence-electron chi connectivity index (χ0n) is 11.2. The van der Waals surface area contributed by atoms with Gasteiger partial charge in [-0.05, 0) is 24.1 Å². The van der Waals surface area contributed by atoms with Crippen LogP contribution in [0.25, 0.3) is 0 Å². The zero-order chi connectivity index (χ0) is 15.6. The monoisotopic (exact) mass is 366 g/mol. The lowest BCUT2D eigenvalue weighted by atomic mass is 10.2. The minimum Gasteiger partial charge on any atom is -0.248 e. The lowest BCUT2D eigenvalue weighted by Gasteiger charge is -2.04. The van der Waals surface area contributed by atoms with E-state index in [0.29, 0.717) is 23.7 Å². The van der Waals surface area contributed by atoms with Gasteiger partial charge < -0.3 is 0 Å². The normalized spacial score (nSPS) is 11.8. The molecule has 0 aliphatic heterocycles. The van der Waals surface area contributed by atoms with Gasteiger partial charge >= 0.3 is 0 Å². The highest BCUT2D eigenvalue weighted by atomic mass is 35.7. The molecule has 1 aromatic carbocycles. The van der Waals surface area contributed by atoms with Crippen LogP contribution < -0.4 is 0 Å². The SMILES string of the molecule is CCCc1nn(Cc2cccc(Cl)c2)c(Cl)c1S(=O)(=O)Cl. The minimum atomic E-state index is -3.94. The van der Waals surface area contributed by atoms with E-state index in [2.05, 4.69) is 5.10 Å². The second-order valence-electron chi connectivity index (χ2n) is 4.54. The van der Waals surface area contributed by atoms with Crippen molar-refractivity contribution >= 4 is 42.9 Å². The number of rotatable bonds is 5. The van der Waals surface area contributed by atoms with Crippen molar-refractivity contribution in [3.05, 3.63) is 45.7 Å². The molecule has 2 aromatic rings. The van der Waals surface area contributed by atoms with Crippen molar-refractivity contribution in [2.75, 3.05) is 0 Å². The van der Waals surface area contributed by atoms with Crippen molar-refractivity contribution in [3.63, 3.8) is 0 Å². The van der Waals surface area contributed by atoms with Crippen molar-refractivity contribution in [1.29, 1.82) is 0 Å². The van der Waals surface area contributed by atoms with Crippen molar-refractivity contribution in [3.8, 4) is 0 Å². The first-order valence-electron chi connectivity index (χ1n) is 6.27. The molecule has 8 heteroatoms. The second-order valence-corrected chi connectivity index (χ2v) is 7.84. The van der Waals surface area contributed by atoms with E-state index in [9.17, 15) is 8.42 Å². The molecule has 114 valence electrons. The Balaban J connectivity index is 2.46. The zero-order valence-corrected chi connectivity index (χ0v) is 14.3. The van der Waals surface area contributed by atoms with Gasteiger partial charge in [-0.15, -0.1) is 0 Å². The third kappa shape index (κ3) is 3.92. The molecule has 0 aliphatic carbocycles. The Kier molecular flexibility index (Phi) is 5.20. The van der Waals surface area contributed by atoms with Gasteiger partial charge in [-0.3, -0.25) is 0 Å². The molecule has 0 saturated heterocycles. The summed E-state index contributed by atoms with van der Waals surface area (Å²) >= 11 is 12.1. The van der Waals surface area contributed by atoms with E-state index in [4.69, 9.17) is 33.9 Å². The molecule has 0 radical (unpaired) electrons. The first kappa shape index (κ1) is 16.6. The van der Waals surface area contributed by atoms with Crippen LogP contribution in [0.5, 0.6) is 0 Å².